The van der Waals surface area contributed by atoms with Crippen LogP contribution in [0.3, 0.4) is 0 Å². The van der Waals surface area contributed by atoms with E-state index in [0.717, 1.165) is 35.8 Å². The topological polar surface area (TPSA) is 128 Å². The van der Waals surface area contributed by atoms with Crippen molar-refractivity contribution < 1.29 is 19.0 Å². The van der Waals surface area contributed by atoms with Crippen LogP contribution in [0.15, 0.2) is 71.0 Å². The third-order valence-corrected chi connectivity index (χ3v) is 9.30. The van der Waals surface area contributed by atoms with Gasteiger partial charge in [-0.2, -0.15) is 14.8 Å². The minimum atomic E-state index is -0.633. The van der Waals surface area contributed by atoms with Gasteiger partial charge >= 0.3 is 0 Å². The molecule has 1 aromatic carbocycles. The molecular formula is C35H36FN5O5S. The molecular weight excluding hydrogens is 621 g/mol. The summed E-state index contributed by atoms with van der Waals surface area (Å²) in [5, 5.41) is 18.8. The van der Waals surface area contributed by atoms with E-state index in [2.05, 4.69) is 22.0 Å². The number of aromatic nitrogens is 4. The first-order chi connectivity index (χ1) is 22.3. The molecule has 0 spiro atoms. The predicted molar refractivity (Wildman–Crippen MR) is 183 cm³/mol. The van der Waals surface area contributed by atoms with E-state index in [1.165, 1.54) is 50.8 Å². The number of hydrogen-bond donors (Lipinski definition) is 2. The zero-order chi connectivity index (χ0) is 32.4. The van der Waals surface area contributed by atoms with Crippen LogP contribution in [0.5, 0.6) is 5.88 Å². The number of rotatable bonds is 11. The van der Waals surface area contributed by atoms with Crippen LogP contribution in [0.1, 0.15) is 49.1 Å². The van der Waals surface area contributed by atoms with E-state index in [1.54, 1.807) is 37.5 Å². The molecule has 1 aliphatic rings. The molecule has 0 saturated heterocycles. The predicted octanol–water partition coefficient (Wildman–Crippen LogP) is 6.01. The third-order valence-electron chi connectivity index (χ3n) is 8.00. The van der Waals surface area contributed by atoms with E-state index < -0.39 is 12.4 Å². The first-order valence-corrected chi connectivity index (χ1v) is 15.8. The van der Waals surface area contributed by atoms with Crippen LogP contribution in [0.2, 0.25) is 0 Å². The van der Waals surface area contributed by atoms with Crippen LogP contribution in [0, 0.1) is 5.82 Å². The second kappa shape index (κ2) is 14.2. The summed E-state index contributed by atoms with van der Waals surface area (Å²) in [6.07, 6.45) is 9.26. The Morgan fingerprint density at radius 2 is 2.00 bits per heavy atom. The quantitative estimate of drug-likeness (QED) is 0.131. The van der Waals surface area contributed by atoms with Crippen molar-refractivity contribution in [2.45, 2.75) is 52.6 Å². The minimum Gasteiger partial charge on any atom is -0.478 e. The molecule has 0 bridgehead atoms. The van der Waals surface area contributed by atoms with Gasteiger partial charge in [0.1, 0.15) is 22.0 Å². The monoisotopic (exact) mass is 657 g/mol. The molecule has 2 N–H and O–H groups in total. The zero-order valence-corrected chi connectivity index (χ0v) is 26.0. The lowest BCUT2D eigenvalue weighted by atomic mass is 9.97. The van der Waals surface area contributed by atoms with Crippen LogP contribution in [-0.2, 0) is 31.3 Å². The Hall–Kier alpha value is -4.94. The molecule has 47 heavy (non-hydrogen) atoms. The van der Waals surface area contributed by atoms with Crippen LogP contribution in [-0.4, -0.2) is 36.8 Å². The van der Waals surface area contributed by atoms with Crippen LogP contribution in [0.25, 0.3) is 26.9 Å². The van der Waals surface area contributed by atoms with Gasteiger partial charge in [-0.15, -0.1) is 11.3 Å². The highest BCUT2D eigenvalue weighted by Gasteiger charge is 2.22. The number of fused-ring (bicyclic) bond motifs is 3. The van der Waals surface area contributed by atoms with Crippen LogP contribution in [0.4, 0.5) is 15.9 Å². The van der Waals surface area contributed by atoms with E-state index >= 15 is 4.39 Å². The lowest BCUT2D eigenvalue weighted by Crippen LogP contribution is -2.22. The summed E-state index contributed by atoms with van der Waals surface area (Å²) in [5.74, 6) is -0.0596. The maximum absolute atomic E-state index is 15.3. The fraction of sp³-hybridized carbons (Fsp3) is 0.286. The van der Waals surface area contributed by atoms with Gasteiger partial charge in [0.15, 0.2) is 5.78 Å². The molecule has 5 aromatic rings. The summed E-state index contributed by atoms with van der Waals surface area (Å²) in [6.45, 7) is 3.22. The van der Waals surface area contributed by atoms with Crippen molar-refractivity contribution in [3.8, 4) is 22.7 Å². The first-order valence-electron chi connectivity index (χ1n) is 15.0. The number of benzene rings is 1. The zero-order valence-electron chi connectivity index (χ0n) is 25.2. The number of aliphatic hydroxyl groups is 1. The number of halogens is 1. The van der Waals surface area contributed by atoms with Crippen molar-refractivity contribution in [1.29, 1.82) is 0 Å². The molecule has 0 fully saturated rings. The molecule has 4 aromatic heterocycles. The van der Waals surface area contributed by atoms with Gasteiger partial charge in [-0.05, 0) is 67.5 Å². The number of allylic oxidation sites excluding steroid dienone is 1. The lowest BCUT2D eigenvalue weighted by molar-refractivity contribution is -0.114. The van der Waals surface area contributed by atoms with E-state index in [9.17, 15) is 19.5 Å². The average molecular weight is 658 g/mol. The summed E-state index contributed by atoms with van der Waals surface area (Å²) >= 11 is 1.46. The minimum absolute atomic E-state index is 0. The molecule has 0 amide bonds. The van der Waals surface area contributed by atoms with Gasteiger partial charge in [0, 0.05) is 53.2 Å². The molecule has 0 aliphatic heterocycles. The number of aryl methyl sites for hydroxylation is 3. The molecule has 0 radical (unpaired) electrons. The molecule has 0 saturated carbocycles. The molecule has 1 aliphatic carbocycles. The number of aliphatic hydroxyl groups excluding tert-OH is 1. The molecule has 244 valence electrons. The van der Waals surface area contributed by atoms with E-state index in [-0.39, 0.29) is 47.9 Å². The number of carbonyl (C=O) groups is 1. The largest absolute Gasteiger partial charge is 0.478 e. The summed E-state index contributed by atoms with van der Waals surface area (Å²) in [5.41, 5.74) is 1.71. The van der Waals surface area contributed by atoms with E-state index in [1.807, 2.05) is 0 Å². The Morgan fingerprint density at radius 1 is 1.19 bits per heavy atom. The van der Waals surface area contributed by atoms with Gasteiger partial charge in [0.25, 0.3) is 11.1 Å². The number of ether oxygens (including phenoxy) is 1. The summed E-state index contributed by atoms with van der Waals surface area (Å²) in [4.78, 5) is 43.9. The van der Waals surface area contributed by atoms with Crippen LogP contribution >= 0.6 is 11.3 Å². The van der Waals surface area contributed by atoms with Crippen molar-refractivity contribution in [2.75, 3.05) is 11.9 Å². The van der Waals surface area contributed by atoms with Gasteiger partial charge in [0.05, 0.1) is 25.1 Å². The van der Waals surface area contributed by atoms with Gasteiger partial charge in [0.2, 0.25) is 5.88 Å². The Balaban J connectivity index is 0.00000433. The molecule has 12 heteroatoms. The number of nitrogens with zero attached hydrogens (tertiary/aromatic N) is 4. The Morgan fingerprint density at radius 3 is 2.79 bits per heavy atom. The number of pyridine rings is 2. The van der Waals surface area contributed by atoms with Crippen molar-refractivity contribution >= 4 is 38.7 Å². The highest BCUT2D eigenvalue weighted by atomic mass is 32.1. The second-order valence-electron chi connectivity index (χ2n) is 11.1. The number of thiophene rings is 1. The Kier molecular flexibility index (Phi) is 10.1. The molecule has 10 nitrogen and oxygen atoms in total. The van der Waals surface area contributed by atoms with Gasteiger partial charge < -0.3 is 19.7 Å². The molecule has 0 atom stereocenters. The molecule has 6 rings (SSSR count). The average Bonchev–Trinajstić information content (AvgIpc) is 3.44. The maximum Gasteiger partial charge on any atom is 0.289 e. The highest BCUT2D eigenvalue weighted by molar-refractivity contribution is 7.19. The number of anilines is 2. The highest BCUT2D eigenvalue weighted by Crippen LogP contribution is 2.35. The van der Waals surface area contributed by atoms with Gasteiger partial charge in [-0.25, -0.2) is 4.39 Å². The standard InChI is InChI=1S/C34H32FN5O5S.CH4/c1-3-22(42)8-7-13-45-31-12-6-11-30(38-31)37-27-14-20(18-39(2)33(27)43)24-15-21(35)16-28(26(24)19-41)40-34(44)32-25(17-36-40)23-9-4-5-10-29(23)46-32;/h3,6,11-12,14-18,41H,1,4-5,7-10,13,19H2,2H3,(H,37,38);1H4. The number of carbonyl (C=O) groups excluding carboxylic acids is 1. The SMILES string of the molecule is C.C=CC(=O)CCCOc1cccc(Nc2cc(-c3cc(F)cc(-n4ncc5c6c(sc5c4=O)CCCC6)c3CO)cn(C)c2=O)n1. The van der Waals surface area contributed by atoms with Crippen molar-refractivity contribution in [3.05, 3.63) is 104 Å². The third kappa shape index (κ3) is 6.79. The van der Waals surface area contributed by atoms with Crippen molar-refractivity contribution in [2.24, 2.45) is 7.05 Å². The number of nitrogens with one attached hydrogen (secondary N) is 1. The van der Waals surface area contributed by atoms with Gasteiger partial charge in [-0.1, -0.05) is 20.1 Å². The first kappa shape index (κ1) is 33.4. The normalized spacial score (nSPS) is 12.3. The Bertz CT molecular complexity index is 2100. The molecule has 4 heterocycles. The van der Waals surface area contributed by atoms with Gasteiger partial charge in [-0.3, -0.25) is 14.4 Å². The fourth-order valence-corrected chi connectivity index (χ4v) is 7.02. The Labute approximate surface area is 274 Å². The number of ketones is 1. The molecule has 0 unspecified atom stereocenters. The van der Waals surface area contributed by atoms with E-state index in [4.69, 9.17) is 4.74 Å². The summed E-state index contributed by atoms with van der Waals surface area (Å²) in [7, 11) is 1.56. The fourth-order valence-electron chi connectivity index (χ4n) is 5.73. The lowest BCUT2D eigenvalue weighted by Gasteiger charge is -2.17. The summed E-state index contributed by atoms with van der Waals surface area (Å²) in [6, 6.07) is 9.03. The van der Waals surface area contributed by atoms with Crippen molar-refractivity contribution in [1.82, 2.24) is 19.3 Å². The summed E-state index contributed by atoms with van der Waals surface area (Å²) < 4.78 is 24.0. The number of hydrogen-bond acceptors (Lipinski definition) is 9. The van der Waals surface area contributed by atoms with E-state index in [0.29, 0.717) is 40.4 Å². The maximum atomic E-state index is 15.3. The smallest absolute Gasteiger partial charge is 0.289 e. The van der Waals surface area contributed by atoms with Crippen LogP contribution < -0.4 is 21.2 Å². The van der Waals surface area contributed by atoms with Crippen molar-refractivity contribution in [3.63, 3.8) is 0 Å². The second-order valence-corrected chi connectivity index (χ2v) is 12.2.